The highest BCUT2D eigenvalue weighted by atomic mass is 35.5. The molecule has 1 aromatic rings. The third-order valence-corrected chi connectivity index (χ3v) is 4.07. The zero-order valence-corrected chi connectivity index (χ0v) is 14.0. The largest absolute Gasteiger partial charge is 0.481 e. The van der Waals surface area contributed by atoms with Crippen molar-refractivity contribution in [2.24, 2.45) is 5.92 Å². The Labute approximate surface area is 139 Å². The lowest BCUT2D eigenvalue weighted by Gasteiger charge is -2.28. The zero-order valence-electron chi connectivity index (χ0n) is 12.4. The van der Waals surface area contributed by atoms with Crippen molar-refractivity contribution in [3.05, 3.63) is 29.3 Å². The molecule has 0 aliphatic heterocycles. The Morgan fingerprint density at radius 1 is 1.19 bits per heavy atom. The molecule has 0 spiro atoms. The summed E-state index contributed by atoms with van der Waals surface area (Å²) >= 11 is 5.81. The van der Waals surface area contributed by atoms with E-state index in [2.05, 4.69) is 24.1 Å². The van der Waals surface area contributed by atoms with E-state index in [9.17, 15) is 0 Å². The van der Waals surface area contributed by atoms with E-state index in [1.54, 1.807) is 0 Å². The molecule has 1 aliphatic carbocycles. The van der Waals surface area contributed by atoms with Gasteiger partial charge in [0.25, 0.3) is 0 Å². The Bertz CT molecular complexity index is 464. The van der Waals surface area contributed by atoms with Crippen molar-refractivity contribution in [1.29, 1.82) is 0 Å². The van der Waals surface area contributed by atoms with Gasteiger partial charge in [-0.05, 0) is 43.0 Å². The second-order valence-corrected chi connectivity index (χ2v) is 5.78. The summed E-state index contributed by atoms with van der Waals surface area (Å²) in [6.45, 7) is 3.50. The van der Waals surface area contributed by atoms with E-state index < -0.39 is 0 Å². The molecule has 0 aromatic heterocycles. The summed E-state index contributed by atoms with van der Waals surface area (Å²) in [5, 5.41) is 4.25. The topological polar surface area (TPSA) is 21.3 Å². The molecule has 1 aromatic carbocycles. The Kier molecular flexibility index (Phi) is 8.61. The molecule has 0 radical (unpaired) electrons. The van der Waals surface area contributed by atoms with E-state index in [0.717, 1.165) is 18.2 Å². The van der Waals surface area contributed by atoms with Gasteiger partial charge >= 0.3 is 0 Å². The Morgan fingerprint density at radius 3 is 2.62 bits per heavy atom. The summed E-state index contributed by atoms with van der Waals surface area (Å²) in [4.78, 5) is 0. The fourth-order valence-corrected chi connectivity index (χ4v) is 2.69. The molecule has 2 rings (SSSR count). The van der Waals surface area contributed by atoms with Crippen molar-refractivity contribution in [2.75, 3.05) is 13.2 Å². The van der Waals surface area contributed by atoms with E-state index in [-0.39, 0.29) is 12.4 Å². The maximum absolute atomic E-state index is 5.81. The molecule has 21 heavy (non-hydrogen) atoms. The average Bonchev–Trinajstić information content (AvgIpc) is 2.46. The van der Waals surface area contributed by atoms with Crippen LogP contribution in [0.25, 0.3) is 0 Å². The first-order chi connectivity index (χ1) is 9.75. The summed E-state index contributed by atoms with van der Waals surface area (Å²) < 4.78 is 5.51. The third kappa shape index (κ3) is 6.61. The van der Waals surface area contributed by atoms with Gasteiger partial charge in [0.2, 0.25) is 0 Å². The number of benzene rings is 1. The summed E-state index contributed by atoms with van der Waals surface area (Å²) in [7, 11) is 0. The summed E-state index contributed by atoms with van der Waals surface area (Å²) in [5.41, 5.74) is 0. The van der Waals surface area contributed by atoms with E-state index >= 15 is 0 Å². The Morgan fingerprint density at radius 2 is 1.90 bits per heavy atom. The van der Waals surface area contributed by atoms with Gasteiger partial charge in [0.1, 0.15) is 12.4 Å². The number of hydrogen-bond donors (Lipinski definition) is 1. The van der Waals surface area contributed by atoms with Gasteiger partial charge in [0, 0.05) is 11.1 Å². The molecule has 4 heteroatoms. The average molecular weight is 328 g/mol. The van der Waals surface area contributed by atoms with Gasteiger partial charge in [-0.15, -0.1) is 12.4 Å². The summed E-state index contributed by atoms with van der Waals surface area (Å²) in [6, 6.07) is 7.97. The van der Waals surface area contributed by atoms with Crippen LogP contribution in [0.3, 0.4) is 0 Å². The predicted octanol–water partition coefficient (Wildman–Crippen LogP) is 4.31. The highest BCUT2D eigenvalue weighted by molar-refractivity contribution is 6.30. The number of hydrogen-bond acceptors (Lipinski definition) is 2. The summed E-state index contributed by atoms with van der Waals surface area (Å²) in [6.07, 6.45) is 5.34. The number of rotatable bonds is 4. The second kappa shape index (κ2) is 9.95. The standard InChI is InChI=1S/C17H22ClNO.ClH/c1-14-6-2-3-7-17(14)19-12-4-5-13-20-16-10-8-15(18)9-11-16;/h8-11,14,17,19H,2-3,6-7,12-13H2,1H3;1H. The molecule has 2 atom stereocenters. The first-order valence-electron chi connectivity index (χ1n) is 7.33. The molecule has 0 saturated heterocycles. The minimum absolute atomic E-state index is 0. The Hall–Kier alpha value is -0.880. The van der Waals surface area contributed by atoms with Crippen molar-refractivity contribution >= 4 is 24.0 Å². The van der Waals surface area contributed by atoms with E-state index in [1.807, 2.05) is 24.3 Å². The molecule has 1 fully saturated rings. The maximum Gasteiger partial charge on any atom is 0.149 e. The van der Waals surface area contributed by atoms with Crippen molar-refractivity contribution < 1.29 is 4.74 Å². The molecule has 0 heterocycles. The lowest BCUT2D eigenvalue weighted by Crippen LogP contribution is -2.37. The van der Waals surface area contributed by atoms with E-state index in [1.165, 1.54) is 25.7 Å². The third-order valence-electron chi connectivity index (χ3n) is 3.81. The smallest absolute Gasteiger partial charge is 0.149 e. The highest BCUT2D eigenvalue weighted by Gasteiger charge is 2.19. The van der Waals surface area contributed by atoms with Crippen molar-refractivity contribution in [1.82, 2.24) is 5.32 Å². The van der Waals surface area contributed by atoms with Gasteiger partial charge in [0.15, 0.2) is 0 Å². The molecule has 0 amide bonds. The fraction of sp³-hybridized carbons (Fsp3) is 0.529. The molecule has 1 N–H and O–H groups in total. The first kappa shape index (κ1) is 18.2. The van der Waals surface area contributed by atoms with Gasteiger partial charge < -0.3 is 10.1 Å². The van der Waals surface area contributed by atoms with Crippen molar-refractivity contribution in [3.8, 4) is 17.6 Å². The SMILES string of the molecule is CC1CCCCC1NCC#CCOc1ccc(Cl)cc1.Cl. The van der Waals surface area contributed by atoms with Gasteiger partial charge in [0.05, 0.1) is 6.54 Å². The molecule has 1 saturated carbocycles. The number of halogens is 2. The van der Waals surface area contributed by atoms with Gasteiger partial charge in [-0.3, -0.25) is 0 Å². The number of ether oxygens (including phenoxy) is 1. The van der Waals surface area contributed by atoms with Crippen LogP contribution in [0.15, 0.2) is 24.3 Å². The van der Waals surface area contributed by atoms with Crippen LogP contribution >= 0.6 is 24.0 Å². The van der Waals surface area contributed by atoms with Crippen LogP contribution in [0.5, 0.6) is 5.75 Å². The maximum atomic E-state index is 5.81. The van der Waals surface area contributed by atoms with Crippen LogP contribution in [-0.2, 0) is 0 Å². The van der Waals surface area contributed by atoms with Crippen LogP contribution in [-0.4, -0.2) is 19.2 Å². The van der Waals surface area contributed by atoms with Crippen LogP contribution in [0.1, 0.15) is 32.6 Å². The minimum Gasteiger partial charge on any atom is -0.481 e. The first-order valence-corrected chi connectivity index (χ1v) is 7.71. The van der Waals surface area contributed by atoms with Crippen molar-refractivity contribution in [3.63, 3.8) is 0 Å². The quantitative estimate of drug-likeness (QED) is 0.832. The highest BCUT2D eigenvalue weighted by Crippen LogP contribution is 2.23. The lowest BCUT2D eigenvalue weighted by molar-refractivity contribution is 0.289. The molecule has 2 unspecified atom stereocenters. The molecular weight excluding hydrogens is 305 g/mol. The Balaban J connectivity index is 0.00000220. The van der Waals surface area contributed by atoms with Crippen LogP contribution in [0.4, 0.5) is 0 Å². The number of nitrogens with one attached hydrogen (secondary N) is 1. The van der Waals surface area contributed by atoms with Gasteiger partial charge in [-0.25, -0.2) is 0 Å². The molecule has 1 aliphatic rings. The minimum atomic E-state index is 0. The predicted molar refractivity (Wildman–Crippen MR) is 91.4 cm³/mol. The summed E-state index contributed by atoms with van der Waals surface area (Å²) in [5.74, 6) is 7.74. The van der Waals surface area contributed by atoms with E-state index in [0.29, 0.717) is 17.7 Å². The van der Waals surface area contributed by atoms with Gasteiger partial charge in [-0.2, -0.15) is 0 Å². The van der Waals surface area contributed by atoms with Crippen LogP contribution < -0.4 is 10.1 Å². The van der Waals surface area contributed by atoms with Crippen molar-refractivity contribution in [2.45, 2.75) is 38.6 Å². The van der Waals surface area contributed by atoms with Crippen LogP contribution in [0, 0.1) is 17.8 Å². The lowest BCUT2D eigenvalue weighted by atomic mass is 9.86. The van der Waals surface area contributed by atoms with E-state index in [4.69, 9.17) is 16.3 Å². The molecule has 0 bridgehead atoms. The monoisotopic (exact) mass is 327 g/mol. The van der Waals surface area contributed by atoms with Gasteiger partial charge in [-0.1, -0.05) is 43.2 Å². The normalized spacial score (nSPS) is 20.9. The second-order valence-electron chi connectivity index (χ2n) is 5.35. The fourth-order valence-electron chi connectivity index (χ4n) is 2.57. The zero-order chi connectivity index (χ0) is 14.2. The molecule has 116 valence electrons. The van der Waals surface area contributed by atoms with Crippen LogP contribution in [0.2, 0.25) is 5.02 Å². The molecule has 2 nitrogen and oxygen atoms in total. The molecular formula is C17H23Cl2NO.